The minimum absolute atomic E-state index is 0.0753. The normalized spacial score (nSPS) is 16.0. The van der Waals surface area contributed by atoms with Gasteiger partial charge in [-0.1, -0.05) is 30.3 Å². The lowest BCUT2D eigenvalue weighted by molar-refractivity contribution is -0.140. The van der Waals surface area contributed by atoms with E-state index in [0.29, 0.717) is 5.69 Å². The summed E-state index contributed by atoms with van der Waals surface area (Å²) in [7, 11) is 0. The molecule has 0 aliphatic carbocycles. The van der Waals surface area contributed by atoms with Gasteiger partial charge in [-0.25, -0.2) is 9.59 Å². The number of nitrogens with zero attached hydrogens (tertiary/aromatic N) is 1. The van der Waals surface area contributed by atoms with Gasteiger partial charge in [0, 0.05) is 9.26 Å². The standard InChI is InChI=1S/C19H17IN2O5/c20-14-6-8-15(9-7-14)21-17(23)10-16-18(24)27-12-22(16)19(25)26-11-13-4-2-1-3-5-13/h1-9,16H,10-12H2,(H,21,23)/t16-/m0/s1. The first-order valence-corrected chi connectivity index (χ1v) is 9.30. The zero-order valence-electron chi connectivity index (χ0n) is 14.3. The number of nitrogens with one attached hydrogen (secondary N) is 1. The van der Waals surface area contributed by atoms with Gasteiger partial charge in [0.2, 0.25) is 5.91 Å². The Morgan fingerprint density at radius 2 is 1.85 bits per heavy atom. The van der Waals surface area contributed by atoms with Gasteiger partial charge in [0.05, 0.1) is 6.42 Å². The number of carbonyl (C=O) groups excluding carboxylic acids is 3. The van der Waals surface area contributed by atoms with Crippen molar-refractivity contribution in [1.82, 2.24) is 4.90 Å². The summed E-state index contributed by atoms with van der Waals surface area (Å²) in [5, 5.41) is 2.71. The summed E-state index contributed by atoms with van der Waals surface area (Å²) in [6, 6.07) is 15.4. The lowest BCUT2D eigenvalue weighted by Crippen LogP contribution is -2.40. The number of benzene rings is 2. The number of ether oxygens (including phenoxy) is 2. The number of rotatable bonds is 5. The second-order valence-electron chi connectivity index (χ2n) is 5.88. The van der Waals surface area contributed by atoms with Gasteiger partial charge in [0.15, 0.2) is 6.73 Å². The van der Waals surface area contributed by atoms with E-state index in [1.807, 2.05) is 42.5 Å². The molecule has 0 saturated carbocycles. The summed E-state index contributed by atoms with van der Waals surface area (Å²) in [5.74, 6) is -1.01. The zero-order valence-corrected chi connectivity index (χ0v) is 16.4. The molecule has 0 radical (unpaired) electrons. The van der Waals surface area contributed by atoms with Crippen molar-refractivity contribution < 1.29 is 23.9 Å². The van der Waals surface area contributed by atoms with E-state index in [9.17, 15) is 14.4 Å². The number of cyclic esters (lactones) is 1. The van der Waals surface area contributed by atoms with E-state index in [1.54, 1.807) is 12.1 Å². The highest BCUT2D eigenvalue weighted by molar-refractivity contribution is 14.1. The van der Waals surface area contributed by atoms with Gasteiger partial charge in [-0.3, -0.25) is 9.69 Å². The maximum absolute atomic E-state index is 12.3. The van der Waals surface area contributed by atoms with Crippen LogP contribution in [0.5, 0.6) is 0 Å². The Morgan fingerprint density at radius 1 is 1.15 bits per heavy atom. The molecule has 7 nitrogen and oxygen atoms in total. The van der Waals surface area contributed by atoms with E-state index < -0.39 is 18.1 Å². The quantitative estimate of drug-likeness (QED) is 0.525. The Balaban J connectivity index is 1.57. The predicted molar refractivity (Wildman–Crippen MR) is 106 cm³/mol. The van der Waals surface area contributed by atoms with E-state index in [-0.39, 0.29) is 25.7 Å². The number of esters is 1. The second kappa shape index (κ2) is 8.85. The first-order chi connectivity index (χ1) is 13.0. The number of hydrogen-bond acceptors (Lipinski definition) is 5. The maximum Gasteiger partial charge on any atom is 0.413 e. The number of amides is 2. The molecular formula is C19H17IN2O5. The van der Waals surface area contributed by atoms with Crippen LogP contribution in [0.25, 0.3) is 0 Å². The van der Waals surface area contributed by atoms with E-state index >= 15 is 0 Å². The van der Waals surface area contributed by atoms with Crippen LogP contribution in [-0.4, -0.2) is 35.6 Å². The van der Waals surface area contributed by atoms with E-state index in [4.69, 9.17) is 9.47 Å². The molecule has 1 atom stereocenters. The summed E-state index contributed by atoms with van der Waals surface area (Å²) in [5.41, 5.74) is 1.44. The molecular weight excluding hydrogens is 463 g/mol. The SMILES string of the molecule is O=C(C[C@H]1C(=O)OCN1C(=O)OCc1ccccc1)Nc1ccc(I)cc1. The molecule has 1 aliphatic heterocycles. The Hall–Kier alpha value is -2.62. The fourth-order valence-electron chi connectivity index (χ4n) is 2.54. The molecule has 1 fully saturated rings. The van der Waals surface area contributed by atoms with Gasteiger partial charge < -0.3 is 14.8 Å². The van der Waals surface area contributed by atoms with Crippen LogP contribution in [0.15, 0.2) is 54.6 Å². The highest BCUT2D eigenvalue weighted by atomic mass is 127. The molecule has 0 aromatic heterocycles. The first kappa shape index (κ1) is 19.2. The molecule has 1 N–H and O–H groups in total. The fraction of sp³-hybridized carbons (Fsp3) is 0.211. The van der Waals surface area contributed by atoms with Gasteiger partial charge in [0.25, 0.3) is 0 Å². The number of anilines is 1. The first-order valence-electron chi connectivity index (χ1n) is 8.22. The van der Waals surface area contributed by atoms with Gasteiger partial charge in [-0.2, -0.15) is 0 Å². The average Bonchev–Trinajstić information content (AvgIpc) is 3.03. The minimum Gasteiger partial charge on any atom is -0.444 e. The number of halogens is 1. The van der Waals surface area contributed by atoms with Gasteiger partial charge in [-0.15, -0.1) is 0 Å². The highest BCUT2D eigenvalue weighted by Gasteiger charge is 2.40. The van der Waals surface area contributed by atoms with Crippen molar-refractivity contribution in [3.63, 3.8) is 0 Å². The topological polar surface area (TPSA) is 84.9 Å². The molecule has 1 heterocycles. The van der Waals surface area contributed by atoms with Crippen molar-refractivity contribution >= 4 is 46.2 Å². The van der Waals surface area contributed by atoms with Crippen LogP contribution in [0, 0.1) is 3.57 Å². The van der Waals surface area contributed by atoms with Crippen molar-refractivity contribution in [2.75, 3.05) is 12.0 Å². The number of carbonyl (C=O) groups is 3. The molecule has 2 aromatic carbocycles. The summed E-state index contributed by atoms with van der Waals surface area (Å²) in [6.07, 6.45) is -0.901. The van der Waals surface area contributed by atoms with Crippen molar-refractivity contribution in [3.05, 3.63) is 63.7 Å². The largest absolute Gasteiger partial charge is 0.444 e. The van der Waals surface area contributed by atoms with Crippen molar-refractivity contribution in [2.45, 2.75) is 19.1 Å². The smallest absolute Gasteiger partial charge is 0.413 e. The molecule has 0 spiro atoms. The third-order valence-corrected chi connectivity index (χ3v) is 4.66. The van der Waals surface area contributed by atoms with Gasteiger partial charge >= 0.3 is 12.1 Å². The summed E-state index contributed by atoms with van der Waals surface area (Å²) in [6.45, 7) is -0.153. The maximum atomic E-state index is 12.3. The Labute approximate surface area is 169 Å². The number of hydrogen-bond donors (Lipinski definition) is 1. The highest BCUT2D eigenvalue weighted by Crippen LogP contribution is 2.18. The van der Waals surface area contributed by atoms with Crippen molar-refractivity contribution in [3.8, 4) is 0 Å². The Kier molecular flexibility index (Phi) is 6.28. The zero-order chi connectivity index (χ0) is 19.2. The van der Waals surface area contributed by atoms with Crippen LogP contribution >= 0.6 is 22.6 Å². The minimum atomic E-state index is -1.00. The van der Waals surface area contributed by atoms with Crippen LogP contribution in [-0.2, 0) is 25.7 Å². The Morgan fingerprint density at radius 3 is 2.56 bits per heavy atom. The van der Waals surface area contributed by atoms with Gasteiger partial charge in [-0.05, 0) is 52.4 Å². The van der Waals surface area contributed by atoms with Crippen LogP contribution in [0.1, 0.15) is 12.0 Å². The molecule has 0 unspecified atom stereocenters. The van der Waals surface area contributed by atoms with Crippen molar-refractivity contribution in [2.24, 2.45) is 0 Å². The van der Waals surface area contributed by atoms with Gasteiger partial charge in [0.1, 0.15) is 12.6 Å². The van der Waals surface area contributed by atoms with Crippen LogP contribution in [0.3, 0.4) is 0 Å². The van der Waals surface area contributed by atoms with Crippen LogP contribution in [0.4, 0.5) is 10.5 Å². The van der Waals surface area contributed by atoms with E-state index in [1.165, 1.54) is 0 Å². The van der Waals surface area contributed by atoms with Crippen molar-refractivity contribution in [1.29, 1.82) is 0 Å². The molecule has 140 valence electrons. The molecule has 27 heavy (non-hydrogen) atoms. The third kappa shape index (κ3) is 5.19. The molecule has 8 heteroatoms. The fourth-order valence-corrected chi connectivity index (χ4v) is 2.90. The lowest BCUT2D eigenvalue weighted by atomic mass is 10.2. The summed E-state index contributed by atoms with van der Waals surface area (Å²) < 4.78 is 11.2. The summed E-state index contributed by atoms with van der Waals surface area (Å²) >= 11 is 2.16. The summed E-state index contributed by atoms with van der Waals surface area (Å²) in [4.78, 5) is 37.6. The third-order valence-electron chi connectivity index (χ3n) is 3.94. The molecule has 2 amide bonds. The lowest BCUT2D eigenvalue weighted by Gasteiger charge is -2.19. The van der Waals surface area contributed by atoms with E-state index in [2.05, 4.69) is 27.9 Å². The predicted octanol–water partition coefficient (Wildman–Crippen LogP) is 3.14. The van der Waals surface area contributed by atoms with Crippen LogP contribution < -0.4 is 5.32 Å². The monoisotopic (exact) mass is 480 g/mol. The molecule has 1 aliphatic rings. The van der Waals surface area contributed by atoms with Crippen LogP contribution in [0.2, 0.25) is 0 Å². The molecule has 0 bridgehead atoms. The molecule has 1 saturated heterocycles. The van der Waals surface area contributed by atoms with E-state index in [0.717, 1.165) is 14.0 Å². The average molecular weight is 480 g/mol. The molecule has 3 rings (SSSR count). The molecule has 2 aromatic rings. The Bertz CT molecular complexity index is 826. The second-order valence-corrected chi connectivity index (χ2v) is 7.12.